The number of rotatable bonds is 1. The molecule has 2 unspecified atom stereocenters. The van der Waals surface area contributed by atoms with Crippen molar-refractivity contribution in [2.75, 3.05) is 13.1 Å². The molecule has 0 amide bonds. The maximum Gasteiger partial charge on any atom is 0.0125 e. The third kappa shape index (κ3) is 1.57. The van der Waals surface area contributed by atoms with Gasteiger partial charge < -0.3 is 5.73 Å². The molecule has 2 rings (SSSR count). The van der Waals surface area contributed by atoms with Crippen LogP contribution in [0.15, 0.2) is 0 Å². The quantitative estimate of drug-likeness (QED) is 0.606. The molecule has 0 radical (unpaired) electrons. The van der Waals surface area contributed by atoms with Crippen molar-refractivity contribution in [1.82, 2.24) is 4.90 Å². The molecule has 1 aliphatic carbocycles. The van der Waals surface area contributed by atoms with Gasteiger partial charge in [0.2, 0.25) is 0 Å². The van der Waals surface area contributed by atoms with Gasteiger partial charge in [-0.05, 0) is 38.3 Å². The lowest BCUT2D eigenvalue weighted by Crippen LogP contribution is -2.41. The molecule has 2 nitrogen and oxygen atoms in total. The van der Waals surface area contributed by atoms with Crippen molar-refractivity contribution < 1.29 is 0 Å². The van der Waals surface area contributed by atoms with Gasteiger partial charge in [0.05, 0.1) is 0 Å². The Bertz CT molecular complexity index is 138. The van der Waals surface area contributed by atoms with Gasteiger partial charge in [-0.1, -0.05) is 6.92 Å². The van der Waals surface area contributed by atoms with Gasteiger partial charge >= 0.3 is 0 Å². The first-order valence-electron chi connectivity index (χ1n) is 4.77. The Hall–Kier alpha value is -0.0800. The second-order valence-corrected chi connectivity index (χ2v) is 4.15. The molecule has 64 valence electrons. The average Bonchev–Trinajstić information content (AvgIpc) is 2.69. The van der Waals surface area contributed by atoms with E-state index >= 15 is 0 Å². The van der Waals surface area contributed by atoms with Gasteiger partial charge in [-0.25, -0.2) is 0 Å². The minimum atomic E-state index is 0.486. The van der Waals surface area contributed by atoms with Gasteiger partial charge in [0, 0.05) is 12.1 Å². The van der Waals surface area contributed by atoms with Crippen LogP contribution < -0.4 is 5.73 Å². The predicted molar refractivity (Wildman–Crippen MR) is 46.4 cm³/mol. The van der Waals surface area contributed by atoms with E-state index in [1.165, 1.54) is 32.4 Å². The second kappa shape index (κ2) is 2.76. The van der Waals surface area contributed by atoms with E-state index in [9.17, 15) is 0 Å². The molecule has 0 aromatic rings. The van der Waals surface area contributed by atoms with Crippen molar-refractivity contribution in [3.63, 3.8) is 0 Å². The molecule has 0 aromatic heterocycles. The van der Waals surface area contributed by atoms with E-state index in [1.54, 1.807) is 0 Å². The fourth-order valence-electron chi connectivity index (χ4n) is 2.06. The highest BCUT2D eigenvalue weighted by molar-refractivity contribution is 4.93. The summed E-state index contributed by atoms with van der Waals surface area (Å²) < 4.78 is 0. The van der Waals surface area contributed by atoms with Crippen molar-refractivity contribution in [1.29, 1.82) is 0 Å². The third-order valence-corrected chi connectivity index (χ3v) is 3.11. The molecule has 2 heteroatoms. The standard InChI is InChI=1S/C9H18N2/c1-7-6-9(7)11-4-2-8(10)3-5-11/h7-9H,2-6,10H2,1H3. The van der Waals surface area contributed by atoms with Gasteiger partial charge in [0.1, 0.15) is 0 Å². The largest absolute Gasteiger partial charge is 0.328 e. The van der Waals surface area contributed by atoms with E-state index in [0.29, 0.717) is 6.04 Å². The number of nitrogens with two attached hydrogens (primary N) is 1. The summed E-state index contributed by atoms with van der Waals surface area (Å²) in [4.78, 5) is 2.62. The summed E-state index contributed by atoms with van der Waals surface area (Å²) in [7, 11) is 0. The van der Waals surface area contributed by atoms with Crippen molar-refractivity contribution in [2.45, 2.75) is 38.3 Å². The maximum atomic E-state index is 5.83. The molecule has 2 N–H and O–H groups in total. The van der Waals surface area contributed by atoms with Crippen LogP contribution in [0.4, 0.5) is 0 Å². The topological polar surface area (TPSA) is 29.3 Å². The molecule has 0 spiro atoms. The molecule has 1 saturated carbocycles. The minimum absolute atomic E-state index is 0.486. The molecule has 0 bridgehead atoms. The molecular formula is C9H18N2. The zero-order chi connectivity index (χ0) is 7.84. The third-order valence-electron chi connectivity index (χ3n) is 3.11. The lowest BCUT2D eigenvalue weighted by atomic mass is 10.1. The molecular weight excluding hydrogens is 136 g/mol. The first-order chi connectivity index (χ1) is 5.27. The maximum absolute atomic E-state index is 5.83. The Kier molecular flexibility index (Phi) is 1.90. The molecule has 0 aromatic carbocycles. The first kappa shape index (κ1) is 7.56. The van der Waals surface area contributed by atoms with E-state index < -0.39 is 0 Å². The Morgan fingerprint density at radius 1 is 1.27 bits per heavy atom. The summed E-state index contributed by atoms with van der Waals surface area (Å²) in [6.45, 7) is 4.84. The summed E-state index contributed by atoms with van der Waals surface area (Å²) in [5.74, 6) is 0.962. The monoisotopic (exact) mass is 154 g/mol. The average molecular weight is 154 g/mol. The van der Waals surface area contributed by atoms with Gasteiger partial charge in [0.25, 0.3) is 0 Å². The smallest absolute Gasteiger partial charge is 0.0125 e. The Balaban J connectivity index is 1.79. The minimum Gasteiger partial charge on any atom is -0.328 e. The van der Waals surface area contributed by atoms with E-state index in [2.05, 4.69) is 11.8 Å². The summed E-state index contributed by atoms with van der Waals surface area (Å²) >= 11 is 0. The summed E-state index contributed by atoms with van der Waals surface area (Å²) in [5.41, 5.74) is 5.83. The Labute approximate surface area is 68.7 Å². The molecule has 1 saturated heterocycles. The van der Waals surface area contributed by atoms with E-state index in [4.69, 9.17) is 5.73 Å². The summed E-state index contributed by atoms with van der Waals surface area (Å²) in [6, 6.07) is 1.41. The molecule has 1 heterocycles. The molecule has 2 aliphatic rings. The van der Waals surface area contributed by atoms with Crippen LogP contribution in [-0.2, 0) is 0 Å². The number of likely N-dealkylation sites (tertiary alicyclic amines) is 1. The summed E-state index contributed by atoms with van der Waals surface area (Å²) in [6.07, 6.45) is 3.85. The SMILES string of the molecule is CC1CC1N1CCC(N)CC1. The van der Waals surface area contributed by atoms with E-state index in [1.807, 2.05) is 0 Å². The zero-order valence-electron chi connectivity index (χ0n) is 7.29. The number of hydrogen-bond acceptors (Lipinski definition) is 2. The van der Waals surface area contributed by atoms with Crippen LogP contribution in [0.1, 0.15) is 26.2 Å². The van der Waals surface area contributed by atoms with Crippen LogP contribution in [0, 0.1) is 5.92 Å². The highest BCUT2D eigenvalue weighted by atomic mass is 15.2. The van der Waals surface area contributed by atoms with Crippen LogP contribution in [-0.4, -0.2) is 30.1 Å². The fourth-order valence-corrected chi connectivity index (χ4v) is 2.06. The molecule has 2 atom stereocenters. The second-order valence-electron chi connectivity index (χ2n) is 4.15. The van der Waals surface area contributed by atoms with Crippen molar-refractivity contribution in [3.8, 4) is 0 Å². The number of nitrogens with zero attached hydrogens (tertiary/aromatic N) is 1. The fraction of sp³-hybridized carbons (Fsp3) is 1.00. The Morgan fingerprint density at radius 3 is 2.27 bits per heavy atom. The van der Waals surface area contributed by atoms with Crippen molar-refractivity contribution in [3.05, 3.63) is 0 Å². The molecule has 2 fully saturated rings. The van der Waals surface area contributed by atoms with Crippen LogP contribution in [0.3, 0.4) is 0 Å². The van der Waals surface area contributed by atoms with Crippen molar-refractivity contribution >= 4 is 0 Å². The number of hydrogen-bond donors (Lipinski definition) is 1. The van der Waals surface area contributed by atoms with Crippen LogP contribution in [0.2, 0.25) is 0 Å². The van der Waals surface area contributed by atoms with Gasteiger partial charge in [0.15, 0.2) is 0 Å². The summed E-state index contributed by atoms with van der Waals surface area (Å²) in [5, 5.41) is 0. The van der Waals surface area contributed by atoms with E-state index in [0.717, 1.165) is 12.0 Å². The van der Waals surface area contributed by atoms with E-state index in [-0.39, 0.29) is 0 Å². The number of piperidine rings is 1. The zero-order valence-corrected chi connectivity index (χ0v) is 7.29. The van der Waals surface area contributed by atoms with Crippen LogP contribution >= 0.6 is 0 Å². The van der Waals surface area contributed by atoms with Crippen LogP contribution in [0.25, 0.3) is 0 Å². The predicted octanol–water partition coefficient (Wildman–Crippen LogP) is 0.818. The van der Waals surface area contributed by atoms with Gasteiger partial charge in [-0.3, -0.25) is 4.90 Å². The van der Waals surface area contributed by atoms with Crippen LogP contribution in [0.5, 0.6) is 0 Å². The van der Waals surface area contributed by atoms with Crippen molar-refractivity contribution in [2.24, 2.45) is 11.7 Å². The first-order valence-corrected chi connectivity index (χ1v) is 4.77. The molecule has 11 heavy (non-hydrogen) atoms. The van der Waals surface area contributed by atoms with Gasteiger partial charge in [-0.15, -0.1) is 0 Å². The highest BCUT2D eigenvalue weighted by Crippen LogP contribution is 2.36. The lowest BCUT2D eigenvalue weighted by molar-refractivity contribution is 0.197. The highest BCUT2D eigenvalue weighted by Gasteiger charge is 2.38. The normalized spacial score (nSPS) is 40.9. The molecule has 1 aliphatic heterocycles. The van der Waals surface area contributed by atoms with Gasteiger partial charge in [-0.2, -0.15) is 0 Å². The Morgan fingerprint density at radius 2 is 1.82 bits per heavy atom. The lowest BCUT2D eigenvalue weighted by Gasteiger charge is -2.30.